The second-order valence-corrected chi connectivity index (χ2v) is 3.38. The summed E-state index contributed by atoms with van der Waals surface area (Å²) >= 11 is 0. The van der Waals surface area contributed by atoms with Gasteiger partial charge in [0, 0.05) is 22.9 Å². The van der Waals surface area contributed by atoms with Crippen molar-refractivity contribution in [3.8, 4) is 0 Å². The minimum atomic E-state index is -1.08. The fraction of sp³-hybridized carbons (Fsp3) is 0.750. The summed E-state index contributed by atoms with van der Waals surface area (Å²) in [6.45, 7) is 0.258. The Bertz CT molecular complexity index is 363. The fourth-order valence-corrected chi connectivity index (χ4v) is 0.730. The van der Waals surface area contributed by atoms with E-state index in [-0.39, 0.29) is 25.9 Å². The molecule has 6 N–H and O–H groups in total. The van der Waals surface area contributed by atoms with Crippen LogP contribution < -0.4 is 11.5 Å². The van der Waals surface area contributed by atoms with Crippen LogP contribution in [-0.2, 0) is 9.59 Å². The largest absolute Gasteiger partial charge is 0.480 e. The molecule has 0 spiro atoms. The zero-order chi connectivity index (χ0) is 16.0. The summed E-state index contributed by atoms with van der Waals surface area (Å²) in [6.07, 6.45) is 0.360. The first-order chi connectivity index (χ1) is 9.36. The summed E-state index contributed by atoms with van der Waals surface area (Å²) in [6, 6.07) is -1.85. The SMILES string of the molecule is [N-]=[N+]=NCC[C@H](N)C(=O)O.[N-]=[N+]=NCC[C@H](N)C(=O)O. The topological polar surface area (TPSA) is 224 Å². The van der Waals surface area contributed by atoms with Gasteiger partial charge < -0.3 is 21.7 Å². The van der Waals surface area contributed by atoms with Crippen LogP contribution in [0.5, 0.6) is 0 Å². The number of hydrogen-bond donors (Lipinski definition) is 4. The molecule has 112 valence electrons. The first-order valence-corrected chi connectivity index (χ1v) is 5.35. The molecule has 0 saturated carbocycles. The number of carboxylic acid groups (broad SMARTS) is 2. The molecule has 0 aromatic carbocycles. The van der Waals surface area contributed by atoms with Crippen LogP contribution in [0.15, 0.2) is 10.2 Å². The van der Waals surface area contributed by atoms with E-state index in [0.717, 1.165) is 0 Å². The average Bonchev–Trinajstić information content (AvgIpc) is 2.39. The molecule has 0 aliphatic carbocycles. The van der Waals surface area contributed by atoms with Gasteiger partial charge in [-0.15, -0.1) is 0 Å². The minimum absolute atomic E-state index is 0.129. The second kappa shape index (κ2) is 12.9. The highest BCUT2D eigenvalue weighted by atomic mass is 16.4. The van der Waals surface area contributed by atoms with Gasteiger partial charge in [0.2, 0.25) is 0 Å². The van der Waals surface area contributed by atoms with Gasteiger partial charge >= 0.3 is 11.9 Å². The lowest BCUT2D eigenvalue weighted by atomic mass is 10.2. The van der Waals surface area contributed by atoms with Crippen molar-refractivity contribution in [2.24, 2.45) is 21.7 Å². The third kappa shape index (κ3) is 13.5. The number of azide groups is 2. The van der Waals surface area contributed by atoms with E-state index < -0.39 is 24.0 Å². The van der Waals surface area contributed by atoms with Crippen LogP contribution in [-0.4, -0.2) is 47.3 Å². The number of hydrogen-bond acceptors (Lipinski definition) is 6. The average molecular weight is 288 g/mol. The second-order valence-electron chi connectivity index (χ2n) is 3.38. The van der Waals surface area contributed by atoms with E-state index in [1.807, 2.05) is 0 Å². The third-order valence-electron chi connectivity index (χ3n) is 1.84. The van der Waals surface area contributed by atoms with Gasteiger partial charge in [0.1, 0.15) is 12.1 Å². The lowest BCUT2D eigenvalue weighted by Crippen LogP contribution is -2.30. The Hall–Kier alpha value is -2.52. The quantitative estimate of drug-likeness (QED) is 0.276. The Morgan fingerprint density at radius 2 is 1.25 bits per heavy atom. The van der Waals surface area contributed by atoms with Crippen molar-refractivity contribution in [2.45, 2.75) is 24.9 Å². The monoisotopic (exact) mass is 288 g/mol. The van der Waals surface area contributed by atoms with Crippen LogP contribution in [0.25, 0.3) is 20.9 Å². The maximum absolute atomic E-state index is 10.0. The van der Waals surface area contributed by atoms with Crippen molar-refractivity contribution >= 4 is 11.9 Å². The maximum atomic E-state index is 10.0. The van der Waals surface area contributed by atoms with E-state index in [9.17, 15) is 9.59 Å². The van der Waals surface area contributed by atoms with Gasteiger partial charge in [0.25, 0.3) is 0 Å². The van der Waals surface area contributed by atoms with Gasteiger partial charge in [0.15, 0.2) is 0 Å². The molecule has 0 unspecified atom stereocenters. The van der Waals surface area contributed by atoms with E-state index in [1.165, 1.54) is 0 Å². The van der Waals surface area contributed by atoms with Gasteiger partial charge in [-0.1, -0.05) is 10.2 Å². The first-order valence-electron chi connectivity index (χ1n) is 5.35. The van der Waals surface area contributed by atoms with E-state index in [1.54, 1.807) is 0 Å². The zero-order valence-corrected chi connectivity index (χ0v) is 10.5. The summed E-state index contributed by atoms with van der Waals surface area (Å²) < 4.78 is 0. The molecule has 0 aliphatic rings. The Morgan fingerprint density at radius 1 is 0.950 bits per heavy atom. The highest BCUT2D eigenvalue weighted by Gasteiger charge is 2.09. The maximum Gasteiger partial charge on any atom is 0.320 e. The number of nitrogens with two attached hydrogens (primary N) is 2. The van der Waals surface area contributed by atoms with E-state index in [0.29, 0.717) is 0 Å². The van der Waals surface area contributed by atoms with Gasteiger partial charge in [0.05, 0.1) is 0 Å². The van der Waals surface area contributed by atoms with E-state index >= 15 is 0 Å². The Balaban J connectivity index is 0. The summed E-state index contributed by atoms with van der Waals surface area (Å²) in [4.78, 5) is 25.0. The number of aliphatic carboxylic acids is 2. The lowest BCUT2D eigenvalue weighted by Gasteiger charge is -2.00. The molecule has 0 saturated heterocycles. The Labute approximate surface area is 113 Å². The number of carboxylic acids is 2. The van der Waals surface area contributed by atoms with Gasteiger partial charge in [-0.3, -0.25) is 9.59 Å². The molecule has 12 nitrogen and oxygen atoms in total. The van der Waals surface area contributed by atoms with Crippen molar-refractivity contribution in [3.63, 3.8) is 0 Å². The molecular formula is C8H16N8O4. The summed E-state index contributed by atoms with van der Waals surface area (Å²) in [5.74, 6) is -2.15. The molecule has 0 bridgehead atoms. The molecule has 0 heterocycles. The molecule has 0 aromatic heterocycles. The Morgan fingerprint density at radius 3 is 1.45 bits per heavy atom. The van der Waals surface area contributed by atoms with Crippen molar-refractivity contribution < 1.29 is 19.8 Å². The van der Waals surface area contributed by atoms with Crippen molar-refractivity contribution in [3.05, 3.63) is 20.9 Å². The first kappa shape index (κ1) is 19.8. The van der Waals surface area contributed by atoms with E-state index in [2.05, 4.69) is 20.1 Å². The molecule has 0 radical (unpaired) electrons. The molecule has 0 aromatic rings. The van der Waals surface area contributed by atoms with Crippen LogP contribution >= 0.6 is 0 Å². The molecule has 0 rings (SSSR count). The van der Waals surface area contributed by atoms with Gasteiger partial charge in [-0.25, -0.2) is 0 Å². The Kier molecular flexibility index (Phi) is 12.8. The van der Waals surface area contributed by atoms with Crippen molar-refractivity contribution in [2.75, 3.05) is 13.1 Å². The number of nitrogens with zero attached hydrogens (tertiary/aromatic N) is 6. The van der Waals surface area contributed by atoms with Crippen molar-refractivity contribution in [1.82, 2.24) is 0 Å². The van der Waals surface area contributed by atoms with Gasteiger partial charge in [-0.05, 0) is 23.9 Å². The fourth-order valence-electron chi connectivity index (χ4n) is 0.730. The third-order valence-corrected chi connectivity index (χ3v) is 1.84. The number of carbonyl (C=O) groups is 2. The molecule has 0 fully saturated rings. The summed E-state index contributed by atoms with van der Waals surface area (Å²) in [5.41, 5.74) is 25.7. The van der Waals surface area contributed by atoms with Crippen LogP contribution in [0.3, 0.4) is 0 Å². The normalized spacial score (nSPS) is 11.7. The summed E-state index contributed by atoms with van der Waals surface area (Å²) in [5, 5.41) is 22.7. The van der Waals surface area contributed by atoms with Crippen molar-refractivity contribution in [1.29, 1.82) is 0 Å². The molecule has 12 heteroatoms. The van der Waals surface area contributed by atoms with Crippen LogP contribution in [0.1, 0.15) is 12.8 Å². The van der Waals surface area contributed by atoms with Crippen LogP contribution in [0, 0.1) is 0 Å². The van der Waals surface area contributed by atoms with Crippen LogP contribution in [0.2, 0.25) is 0 Å². The predicted octanol–water partition coefficient (Wildman–Crippen LogP) is 0.197. The molecule has 0 aliphatic heterocycles. The highest BCUT2D eigenvalue weighted by molar-refractivity contribution is 5.73. The molecule has 2 atom stereocenters. The summed E-state index contributed by atoms with van der Waals surface area (Å²) in [7, 11) is 0. The lowest BCUT2D eigenvalue weighted by molar-refractivity contribution is -0.139. The predicted molar refractivity (Wildman–Crippen MR) is 68.5 cm³/mol. The van der Waals surface area contributed by atoms with E-state index in [4.69, 9.17) is 32.7 Å². The highest BCUT2D eigenvalue weighted by Crippen LogP contribution is 1.89. The number of rotatable bonds is 8. The zero-order valence-electron chi connectivity index (χ0n) is 10.5. The molecule has 20 heavy (non-hydrogen) atoms. The smallest absolute Gasteiger partial charge is 0.320 e. The van der Waals surface area contributed by atoms with Crippen LogP contribution in [0.4, 0.5) is 0 Å². The molecule has 0 amide bonds. The minimum Gasteiger partial charge on any atom is -0.480 e. The van der Waals surface area contributed by atoms with Gasteiger partial charge in [-0.2, -0.15) is 0 Å². The molecular weight excluding hydrogens is 272 g/mol. The standard InChI is InChI=1S/2C4H8N4O2/c2*5-3(4(9)10)1-2-7-8-6/h2*3H,1-2,5H2,(H,9,10)/t2*3-/m00/s1.